The third-order valence-electron chi connectivity index (χ3n) is 2.48. The first kappa shape index (κ1) is 14.6. The average molecular weight is 362 g/mol. The van der Waals surface area contributed by atoms with Gasteiger partial charge in [0.1, 0.15) is 12.1 Å². The Morgan fingerprint density at radius 2 is 2.15 bits per heavy atom. The minimum Gasteiger partial charge on any atom is -0.334 e. The van der Waals surface area contributed by atoms with Crippen molar-refractivity contribution in [2.45, 2.75) is 6.92 Å². The molecule has 1 aromatic heterocycles. The normalized spacial score (nSPS) is 10.4. The van der Waals surface area contributed by atoms with Gasteiger partial charge in [0.25, 0.3) is 0 Å². The predicted molar refractivity (Wildman–Crippen MR) is 75.8 cm³/mol. The second-order valence-electron chi connectivity index (χ2n) is 3.83. The topological polar surface area (TPSA) is 81.0 Å². The van der Waals surface area contributed by atoms with E-state index < -0.39 is 16.4 Å². The van der Waals surface area contributed by atoms with Gasteiger partial charge in [0.15, 0.2) is 0 Å². The third kappa shape index (κ3) is 2.86. The molecule has 0 aliphatic carbocycles. The number of nitro groups is 1. The first-order valence-corrected chi connectivity index (χ1v) is 6.44. The van der Waals surface area contributed by atoms with Crippen molar-refractivity contribution in [2.24, 2.45) is 0 Å². The molecule has 0 fully saturated rings. The van der Waals surface area contributed by atoms with Crippen molar-refractivity contribution in [3.05, 3.63) is 49.6 Å². The maximum Gasteiger partial charge on any atom is 0.348 e. The molecule has 0 spiro atoms. The second kappa shape index (κ2) is 5.68. The van der Waals surface area contributed by atoms with Crippen molar-refractivity contribution in [2.75, 3.05) is 5.32 Å². The summed E-state index contributed by atoms with van der Waals surface area (Å²) in [6.45, 7) is 1.66. The Hall–Kier alpha value is -1.80. The van der Waals surface area contributed by atoms with E-state index in [0.717, 1.165) is 6.33 Å². The van der Waals surface area contributed by atoms with Crippen molar-refractivity contribution in [1.82, 2.24) is 9.97 Å². The zero-order valence-electron chi connectivity index (χ0n) is 10.0. The van der Waals surface area contributed by atoms with E-state index in [1.54, 1.807) is 6.92 Å². The number of aryl methyl sites for hydroxylation is 1. The van der Waals surface area contributed by atoms with Crippen LogP contribution in [0, 0.1) is 22.9 Å². The van der Waals surface area contributed by atoms with E-state index in [0.29, 0.717) is 11.3 Å². The van der Waals surface area contributed by atoms with Crippen LogP contribution in [0.1, 0.15) is 5.56 Å². The third-order valence-corrected chi connectivity index (χ3v) is 3.36. The summed E-state index contributed by atoms with van der Waals surface area (Å²) in [6, 6.07) is 2.76. The van der Waals surface area contributed by atoms with Crippen LogP contribution >= 0.6 is 27.5 Å². The highest BCUT2D eigenvalue weighted by atomic mass is 79.9. The summed E-state index contributed by atoms with van der Waals surface area (Å²) < 4.78 is 13.6. The zero-order valence-corrected chi connectivity index (χ0v) is 12.4. The Balaban J connectivity index is 2.48. The lowest BCUT2D eigenvalue weighted by molar-refractivity contribution is -0.384. The Kier molecular flexibility index (Phi) is 4.15. The summed E-state index contributed by atoms with van der Waals surface area (Å²) in [6.07, 6.45) is 1.10. The van der Waals surface area contributed by atoms with Crippen LogP contribution in [0.2, 0.25) is 5.15 Å². The summed E-state index contributed by atoms with van der Waals surface area (Å²) in [5.41, 5.74) is 0.597. The molecule has 2 rings (SSSR count). The van der Waals surface area contributed by atoms with Gasteiger partial charge in [-0.2, -0.15) is 0 Å². The van der Waals surface area contributed by atoms with E-state index in [-0.39, 0.29) is 15.4 Å². The summed E-state index contributed by atoms with van der Waals surface area (Å²) >= 11 is 8.73. The van der Waals surface area contributed by atoms with Gasteiger partial charge in [-0.05, 0) is 40.5 Å². The maximum atomic E-state index is 13.3. The Bertz CT molecular complexity index is 698. The summed E-state index contributed by atoms with van der Waals surface area (Å²) in [4.78, 5) is 17.6. The second-order valence-corrected chi connectivity index (χ2v) is 5.04. The van der Waals surface area contributed by atoms with E-state index in [2.05, 4.69) is 31.2 Å². The number of rotatable bonds is 3. The van der Waals surface area contributed by atoms with Gasteiger partial charge in [-0.25, -0.2) is 14.4 Å². The van der Waals surface area contributed by atoms with Crippen LogP contribution in [-0.2, 0) is 0 Å². The number of anilines is 2. The molecule has 0 bridgehead atoms. The summed E-state index contributed by atoms with van der Waals surface area (Å²) in [7, 11) is 0. The van der Waals surface area contributed by atoms with E-state index >= 15 is 0 Å². The monoisotopic (exact) mass is 360 g/mol. The molecule has 0 atom stereocenters. The number of hydrogen-bond acceptors (Lipinski definition) is 5. The van der Waals surface area contributed by atoms with Crippen LogP contribution in [0.4, 0.5) is 21.6 Å². The van der Waals surface area contributed by atoms with Crippen LogP contribution in [-0.4, -0.2) is 14.9 Å². The van der Waals surface area contributed by atoms with Crippen molar-refractivity contribution in [3.63, 3.8) is 0 Å². The smallest absolute Gasteiger partial charge is 0.334 e. The molecule has 0 amide bonds. The number of halogens is 3. The lowest BCUT2D eigenvalue weighted by Gasteiger charge is -2.10. The average Bonchev–Trinajstić information content (AvgIpc) is 2.35. The van der Waals surface area contributed by atoms with Crippen LogP contribution < -0.4 is 5.32 Å². The number of hydrogen-bond donors (Lipinski definition) is 1. The minimum atomic E-state index is -0.682. The fourth-order valence-electron chi connectivity index (χ4n) is 1.52. The lowest BCUT2D eigenvalue weighted by atomic mass is 10.2. The van der Waals surface area contributed by atoms with E-state index in [1.807, 2.05) is 0 Å². The molecule has 0 unspecified atom stereocenters. The van der Waals surface area contributed by atoms with Gasteiger partial charge in [-0.1, -0.05) is 11.6 Å². The van der Waals surface area contributed by atoms with E-state index in [4.69, 9.17) is 11.6 Å². The fraction of sp³-hybridized carbons (Fsp3) is 0.0909. The summed E-state index contributed by atoms with van der Waals surface area (Å²) in [5, 5.41) is 13.5. The lowest BCUT2D eigenvalue weighted by Crippen LogP contribution is -2.03. The molecule has 0 saturated heterocycles. The minimum absolute atomic E-state index is 0.0587. The SMILES string of the molecule is Cc1cc(F)c(Br)cc1Nc1ncnc(Cl)c1[N+](=O)[O-]. The van der Waals surface area contributed by atoms with Gasteiger partial charge >= 0.3 is 5.69 Å². The number of nitrogens with zero attached hydrogens (tertiary/aromatic N) is 3. The summed E-state index contributed by atoms with van der Waals surface area (Å²) in [5.74, 6) is -0.486. The van der Waals surface area contributed by atoms with Gasteiger partial charge in [-0.3, -0.25) is 10.1 Å². The highest BCUT2D eigenvalue weighted by Crippen LogP contribution is 2.33. The van der Waals surface area contributed by atoms with Crippen molar-refractivity contribution in [3.8, 4) is 0 Å². The molecule has 1 aromatic carbocycles. The van der Waals surface area contributed by atoms with Crippen molar-refractivity contribution >= 4 is 44.7 Å². The van der Waals surface area contributed by atoms with E-state index in [1.165, 1.54) is 12.1 Å². The largest absolute Gasteiger partial charge is 0.348 e. The van der Waals surface area contributed by atoms with Gasteiger partial charge in [0.2, 0.25) is 11.0 Å². The molecule has 104 valence electrons. The first-order valence-electron chi connectivity index (χ1n) is 5.27. The van der Waals surface area contributed by atoms with Gasteiger partial charge < -0.3 is 5.32 Å². The molecule has 9 heteroatoms. The molecule has 0 saturated carbocycles. The fourth-order valence-corrected chi connectivity index (χ4v) is 2.06. The first-order chi connectivity index (χ1) is 9.40. The van der Waals surface area contributed by atoms with Crippen LogP contribution in [0.25, 0.3) is 0 Å². The maximum absolute atomic E-state index is 13.3. The highest BCUT2D eigenvalue weighted by Gasteiger charge is 2.22. The van der Waals surface area contributed by atoms with Gasteiger partial charge in [0.05, 0.1) is 9.40 Å². The van der Waals surface area contributed by atoms with Crippen LogP contribution in [0.15, 0.2) is 22.9 Å². The standard InChI is InChI=1S/C11H7BrClFN4O2/c1-5-2-7(14)6(12)3-8(5)17-11-9(18(19)20)10(13)15-4-16-11/h2-4H,1H3,(H,15,16,17). The Morgan fingerprint density at radius 1 is 1.45 bits per heavy atom. The number of benzene rings is 1. The number of aromatic nitrogens is 2. The van der Waals surface area contributed by atoms with E-state index in [9.17, 15) is 14.5 Å². The van der Waals surface area contributed by atoms with Crippen molar-refractivity contribution < 1.29 is 9.31 Å². The van der Waals surface area contributed by atoms with Crippen molar-refractivity contribution in [1.29, 1.82) is 0 Å². The Labute approximate surface area is 126 Å². The van der Waals surface area contributed by atoms with Gasteiger partial charge in [-0.15, -0.1) is 0 Å². The molecule has 0 aliphatic rings. The molecule has 0 aliphatic heterocycles. The molecule has 6 nitrogen and oxygen atoms in total. The quantitative estimate of drug-likeness (QED) is 0.508. The van der Waals surface area contributed by atoms with Crippen LogP contribution in [0.3, 0.4) is 0 Å². The highest BCUT2D eigenvalue weighted by molar-refractivity contribution is 9.10. The molecular formula is C11H7BrClFN4O2. The zero-order chi connectivity index (χ0) is 14.9. The molecule has 20 heavy (non-hydrogen) atoms. The molecular weight excluding hydrogens is 355 g/mol. The molecule has 0 radical (unpaired) electrons. The number of nitrogens with one attached hydrogen (secondary N) is 1. The molecule has 1 N–H and O–H groups in total. The predicted octanol–water partition coefficient (Wildman–Crippen LogP) is 3.99. The van der Waals surface area contributed by atoms with Crippen LogP contribution in [0.5, 0.6) is 0 Å². The molecule has 1 heterocycles. The Morgan fingerprint density at radius 3 is 2.80 bits per heavy atom. The van der Waals surface area contributed by atoms with Gasteiger partial charge in [0, 0.05) is 5.69 Å². The molecule has 2 aromatic rings.